The lowest BCUT2D eigenvalue weighted by molar-refractivity contribution is -0.124. The average molecular weight is 447 g/mol. The van der Waals surface area contributed by atoms with Crippen LogP contribution >= 0.6 is 0 Å². The van der Waals surface area contributed by atoms with Gasteiger partial charge in [0.2, 0.25) is 10.0 Å². The van der Waals surface area contributed by atoms with Crippen LogP contribution in [0.25, 0.3) is 0 Å². The Labute approximate surface area is 184 Å². The standard InChI is InChI=1S/C23H30N2O5S/c1-16-6-11-19-20(13-23(2,3)30-21(19)12-16)24-22(26)15-29-18-9-7-17(8-10-18)14-25(4)31(5,27)28/h6-12,20H,13-15H2,1-5H3,(H,24,26). The number of aryl methyl sites for hydroxylation is 1. The Morgan fingerprint density at radius 2 is 1.90 bits per heavy atom. The molecule has 1 aliphatic rings. The SMILES string of the molecule is Cc1ccc2c(c1)OC(C)(C)CC2NC(=O)COc1ccc(CN(C)S(C)(=O)=O)cc1. The molecule has 1 amide bonds. The van der Waals surface area contributed by atoms with Gasteiger partial charge >= 0.3 is 0 Å². The van der Waals surface area contributed by atoms with Crippen LogP contribution in [0, 0.1) is 6.92 Å². The first kappa shape index (κ1) is 23.1. The van der Waals surface area contributed by atoms with Gasteiger partial charge < -0.3 is 14.8 Å². The van der Waals surface area contributed by atoms with E-state index in [9.17, 15) is 13.2 Å². The first-order valence-corrected chi connectivity index (χ1v) is 12.0. The van der Waals surface area contributed by atoms with Crippen molar-refractivity contribution < 1.29 is 22.7 Å². The molecule has 0 aromatic heterocycles. The zero-order valence-electron chi connectivity index (χ0n) is 18.6. The van der Waals surface area contributed by atoms with E-state index in [0.29, 0.717) is 12.2 Å². The van der Waals surface area contributed by atoms with Crippen molar-refractivity contribution in [3.05, 3.63) is 59.2 Å². The molecule has 8 heteroatoms. The molecule has 1 aliphatic heterocycles. The summed E-state index contributed by atoms with van der Waals surface area (Å²) in [6.45, 7) is 6.20. The molecule has 7 nitrogen and oxygen atoms in total. The van der Waals surface area contributed by atoms with E-state index < -0.39 is 10.0 Å². The lowest BCUT2D eigenvalue weighted by Gasteiger charge is -2.38. The van der Waals surface area contributed by atoms with Gasteiger partial charge in [0.25, 0.3) is 5.91 Å². The minimum Gasteiger partial charge on any atom is -0.487 e. The van der Waals surface area contributed by atoms with Crippen LogP contribution in [-0.2, 0) is 21.4 Å². The second kappa shape index (κ2) is 8.88. The summed E-state index contributed by atoms with van der Waals surface area (Å²) in [5, 5.41) is 3.06. The minimum atomic E-state index is -3.24. The van der Waals surface area contributed by atoms with Gasteiger partial charge in [0, 0.05) is 25.6 Å². The monoisotopic (exact) mass is 446 g/mol. The van der Waals surface area contributed by atoms with Gasteiger partial charge in [0.15, 0.2) is 6.61 Å². The third kappa shape index (κ3) is 6.21. The molecule has 3 rings (SSSR count). The third-order valence-electron chi connectivity index (χ3n) is 5.23. The summed E-state index contributed by atoms with van der Waals surface area (Å²) >= 11 is 0. The van der Waals surface area contributed by atoms with Gasteiger partial charge in [-0.25, -0.2) is 12.7 Å². The fourth-order valence-corrected chi connectivity index (χ4v) is 3.92. The molecule has 2 aromatic rings. The van der Waals surface area contributed by atoms with E-state index in [2.05, 4.69) is 5.32 Å². The van der Waals surface area contributed by atoms with Gasteiger partial charge in [-0.1, -0.05) is 24.3 Å². The molecule has 2 aromatic carbocycles. The molecule has 1 heterocycles. The van der Waals surface area contributed by atoms with Crippen molar-refractivity contribution in [3.63, 3.8) is 0 Å². The number of nitrogens with one attached hydrogen (secondary N) is 1. The number of hydrogen-bond donors (Lipinski definition) is 1. The fraction of sp³-hybridized carbons (Fsp3) is 0.435. The first-order chi connectivity index (χ1) is 14.4. The summed E-state index contributed by atoms with van der Waals surface area (Å²) < 4.78 is 36.0. The largest absolute Gasteiger partial charge is 0.487 e. The van der Waals surface area contributed by atoms with E-state index in [-0.39, 0.29) is 30.7 Å². The third-order valence-corrected chi connectivity index (χ3v) is 6.49. The molecule has 0 fully saturated rings. The maximum absolute atomic E-state index is 12.5. The topological polar surface area (TPSA) is 84.9 Å². The van der Waals surface area contributed by atoms with Crippen molar-refractivity contribution in [3.8, 4) is 11.5 Å². The molecule has 31 heavy (non-hydrogen) atoms. The van der Waals surface area contributed by atoms with Crippen molar-refractivity contribution in [2.75, 3.05) is 19.9 Å². The first-order valence-electron chi connectivity index (χ1n) is 10.1. The molecule has 0 spiro atoms. The second-order valence-corrected chi connectivity index (χ2v) is 10.8. The van der Waals surface area contributed by atoms with Crippen molar-refractivity contribution in [2.45, 2.75) is 45.4 Å². The van der Waals surface area contributed by atoms with Crippen LogP contribution in [0.4, 0.5) is 0 Å². The number of amides is 1. The Balaban J connectivity index is 1.58. The highest BCUT2D eigenvalue weighted by Crippen LogP contribution is 2.39. The van der Waals surface area contributed by atoms with Crippen LogP contribution in [0.2, 0.25) is 0 Å². The summed E-state index contributed by atoms with van der Waals surface area (Å²) in [6, 6.07) is 12.9. The maximum atomic E-state index is 12.5. The fourth-order valence-electron chi connectivity index (χ4n) is 3.54. The van der Waals surface area contributed by atoms with Gasteiger partial charge in [-0.2, -0.15) is 0 Å². The highest BCUT2D eigenvalue weighted by molar-refractivity contribution is 7.88. The van der Waals surface area contributed by atoms with Crippen LogP contribution in [0.1, 0.15) is 43.0 Å². The molecule has 168 valence electrons. The Morgan fingerprint density at radius 3 is 2.55 bits per heavy atom. The van der Waals surface area contributed by atoms with Crippen LogP contribution < -0.4 is 14.8 Å². The lowest BCUT2D eigenvalue weighted by atomic mass is 9.89. The zero-order valence-corrected chi connectivity index (χ0v) is 19.5. The molecule has 0 radical (unpaired) electrons. The van der Waals surface area contributed by atoms with E-state index in [1.165, 1.54) is 17.6 Å². The summed E-state index contributed by atoms with van der Waals surface area (Å²) in [6.07, 6.45) is 1.83. The van der Waals surface area contributed by atoms with Crippen LogP contribution in [0.3, 0.4) is 0 Å². The van der Waals surface area contributed by atoms with Crippen molar-refractivity contribution in [2.24, 2.45) is 0 Å². The van der Waals surface area contributed by atoms with E-state index in [4.69, 9.17) is 9.47 Å². The van der Waals surface area contributed by atoms with Gasteiger partial charge in [0.05, 0.1) is 12.3 Å². The van der Waals surface area contributed by atoms with Crippen LogP contribution in [0.15, 0.2) is 42.5 Å². The summed E-state index contributed by atoms with van der Waals surface area (Å²) in [5.41, 5.74) is 2.53. The lowest BCUT2D eigenvalue weighted by Crippen LogP contribution is -2.42. The van der Waals surface area contributed by atoms with Crippen LogP contribution in [0.5, 0.6) is 11.5 Å². The van der Waals surface area contributed by atoms with E-state index in [1.54, 1.807) is 24.3 Å². The smallest absolute Gasteiger partial charge is 0.258 e. The summed E-state index contributed by atoms with van der Waals surface area (Å²) in [7, 11) is -1.71. The maximum Gasteiger partial charge on any atom is 0.258 e. The van der Waals surface area contributed by atoms with Gasteiger partial charge in [-0.15, -0.1) is 0 Å². The highest BCUT2D eigenvalue weighted by atomic mass is 32.2. The molecule has 1 N–H and O–H groups in total. The quantitative estimate of drug-likeness (QED) is 0.706. The van der Waals surface area contributed by atoms with E-state index >= 15 is 0 Å². The normalized spacial score (nSPS) is 17.5. The van der Waals surface area contributed by atoms with Gasteiger partial charge in [0.1, 0.15) is 17.1 Å². The van der Waals surface area contributed by atoms with Crippen molar-refractivity contribution in [1.29, 1.82) is 0 Å². The molecular weight excluding hydrogens is 416 g/mol. The summed E-state index contributed by atoms with van der Waals surface area (Å²) in [5.74, 6) is 1.14. The Hall–Kier alpha value is -2.58. The van der Waals surface area contributed by atoms with Crippen LogP contribution in [-0.4, -0.2) is 44.1 Å². The molecule has 1 atom stereocenters. The van der Waals surface area contributed by atoms with Gasteiger partial charge in [-0.05, 0) is 50.1 Å². The molecule has 0 aliphatic carbocycles. The minimum absolute atomic E-state index is 0.110. The zero-order chi connectivity index (χ0) is 22.8. The highest BCUT2D eigenvalue weighted by Gasteiger charge is 2.34. The Bertz CT molecular complexity index is 1050. The molecule has 0 saturated heterocycles. The average Bonchev–Trinajstić information content (AvgIpc) is 2.65. The number of fused-ring (bicyclic) bond motifs is 1. The predicted molar refractivity (Wildman–Crippen MR) is 120 cm³/mol. The van der Waals surface area contributed by atoms with Crippen molar-refractivity contribution >= 4 is 15.9 Å². The Morgan fingerprint density at radius 1 is 1.23 bits per heavy atom. The van der Waals surface area contributed by atoms with E-state index in [0.717, 1.165) is 22.4 Å². The van der Waals surface area contributed by atoms with Crippen molar-refractivity contribution in [1.82, 2.24) is 9.62 Å². The van der Waals surface area contributed by atoms with E-state index in [1.807, 2.05) is 39.0 Å². The molecule has 0 saturated carbocycles. The second-order valence-electron chi connectivity index (χ2n) is 8.68. The number of hydrogen-bond acceptors (Lipinski definition) is 5. The molecular formula is C23H30N2O5S. The number of rotatable bonds is 7. The number of carbonyl (C=O) groups excluding carboxylic acids is 1. The number of sulfonamides is 1. The molecule has 1 unspecified atom stereocenters. The number of ether oxygens (including phenoxy) is 2. The number of benzene rings is 2. The Kier molecular flexibility index (Phi) is 6.62. The van der Waals surface area contributed by atoms with Gasteiger partial charge in [-0.3, -0.25) is 4.79 Å². The number of nitrogens with zero attached hydrogens (tertiary/aromatic N) is 1. The molecule has 0 bridgehead atoms. The predicted octanol–water partition coefficient (Wildman–Crippen LogP) is 3.18. The summed E-state index contributed by atoms with van der Waals surface area (Å²) in [4.78, 5) is 12.5. The number of carbonyl (C=O) groups is 1.